The molecule has 0 bridgehead atoms. The fraction of sp³-hybridized carbons (Fsp3) is 0.105. The second-order valence-corrected chi connectivity index (χ2v) is 5.33. The molecule has 0 spiro atoms. The van der Waals surface area contributed by atoms with Crippen LogP contribution in [0.2, 0.25) is 0 Å². The van der Waals surface area contributed by atoms with Crippen LogP contribution in [0.3, 0.4) is 0 Å². The first kappa shape index (κ1) is 14.9. The Kier molecular flexibility index (Phi) is 4.43. The number of carbonyl (C=O) groups is 1. The number of amides is 1. The normalized spacial score (nSPS) is 10.3. The van der Waals surface area contributed by atoms with Crippen LogP contribution in [-0.2, 0) is 6.54 Å². The van der Waals surface area contributed by atoms with Gasteiger partial charge in [-0.05, 0) is 55.5 Å². The van der Waals surface area contributed by atoms with Crippen molar-refractivity contribution in [2.75, 3.05) is 10.6 Å². The predicted molar refractivity (Wildman–Crippen MR) is 91.6 cm³/mol. The maximum atomic E-state index is 12.2. The third kappa shape index (κ3) is 4.01. The summed E-state index contributed by atoms with van der Waals surface area (Å²) in [6.45, 7) is 2.60. The summed E-state index contributed by atoms with van der Waals surface area (Å²) in [4.78, 5) is 12.2. The van der Waals surface area contributed by atoms with E-state index in [1.165, 1.54) is 0 Å². The SMILES string of the molecule is Cc1cccc(C(=O)Nc2ccc(NCc3ccco3)cc2)c1. The van der Waals surface area contributed by atoms with Crippen molar-refractivity contribution in [2.45, 2.75) is 13.5 Å². The lowest BCUT2D eigenvalue weighted by Crippen LogP contribution is -2.11. The predicted octanol–water partition coefficient (Wildman–Crippen LogP) is 4.45. The summed E-state index contributed by atoms with van der Waals surface area (Å²) in [5.41, 5.74) is 3.45. The van der Waals surface area contributed by atoms with E-state index < -0.39 is 0 Å². The first-order valence-corrected chi connectivity index (χ1v) is 7.45. The van der Waals surface area contributed by atoms with Crippen molar-refractivity contribution >= 4 is 17.3 Å². The zero-order valence-electron chi connectivity index (χ0n) is 12.9. The van der Waals surface area contributed by atoms with E-state index in [4.69, 9.17) is 4.42 Å². The summed E-state index contributed by atoms with van der Waals surface area (Å²) in [5.74, 6) is 0.770. The first-order chi connectivity index (χ1) is 11.2. The van der Waals surface area contributed by atoms with E-state index >= 15 is 0 Å². The molecule has 1 aromatic heterocycles. The standard InChI is InChI=1S/C19H18N2O2/c1-14-4-2-5-15(12-14)19(22)21-17-9-7-16(8-10-17)20-13-18-6-3-11-23-18/h2-12,20H,13H2,1H3,(H,21,22). The Hall–Kier alpha value is -3.01. The molecule has 4 nitrogen and oxygen atoms in total. The largest absolute Gasteiger partial charge is 0.467 e. The molecule has 2 N–H and O–H groups in total. The fourth-order valence-corrected chi connectivity index (χ4v) is 2.26. The molecule has 1 amide bonds. The van der Waals surface area contributed by atoms with E-state index in [-0.39, 0.29) is 5.91 Å². The molecule has 0 radical (unpaired) electrons. The van der Waals surface area contributed by atoms with Gasteiger partial charge in [0.2, 0.25) is 0 Å². The molecule has 0 saturated carbocycles. The number of hydrogen-bond acceptors (Lipinski definition) is 3. The van der Waals surface area contributed by atoms with Gasteiger partial charge in [-0.2, -0.15) is 0 Å². The van der Waals surface area contributed by atoms with Gasteiger partial charge in [0, 0.05) is 16.9 Å². The van der Waals surface area contributed by atoms with Crippen LogP contribution in [0, 0.1) is 6.92 Å². The molecule has 0 unspecified atom stereocenters. The lowest BCUT2D eigenvalue weighted by molar-refractivity contribution is 0.102. The Labute approximate surface area is 135 Å². The second-order valence-electron chi connectivity index (χ2n) is 5.33. The lowest BCUT2D eigenvalue weighted by Gasteiger charge is -2.08. The summed E-state index contributed by atoms with van der Waals surface area (Å²) in [7, 11) is 0. The zero-order chi connectivity index (χ0) is 16.1. The fourth-order valence-electron chi connectivity index (χ4n) is 2.26. The molecule has 0 fully saturated rings. The molecule has 0 saturated heterocycles. The molecular formula is C19H18N2O2. The molecule has 1 heterocycles. The van der Waals surface area contributed by atoms with E-state index in [2.05, 4.69) is 10.6 Å². The van der Waals surface area contributed by atoms with Gasteiger partial charge in [0.25, 0.3) is 5.91 Å². The summed E-state index contributed by atoms with van der Waals surface area (Å²) >= 11 is 0. The summed E-state index contributed by atoms with van der Waals surface area (Å²) in [5, 5.41) is 6.16. The number of carbonyl (C=O) groups excluding carboxylic acids is 1. The quantitative estimate of drug-likeness (QED) is 0.732. The highest BCUT2D eigenvalue weighted by Crippen LogP contribution is 2.16. The number of hydrogen-bond donors (Lipinski definition) is 2. The van der Waals surface area contributed by atoms with Crippen molar-refractivity contribution in [3.8, 4) is 0 Å². The van der Waals surface area contributed by atoms with Gasteiger partial charge in [0.15, 0.2) is 0 Å². The van der Waals surface area contributed by atoms with Crippen molar-refractivity contribution in [3.63, 3.8) is 0 Å². The van der Waals surface area contributed by atoms with E-state index in [1.54, 1.807) is 6.26 Å². The van der Waals surface area contributed by atoms with Crippen molar-refractivity contribution in [1.82, 2.24) is 0 Å². The van der Waals surface area contributed by atoms with E-state index in [9.17, 15) is 4.79 Å². The smallest absolute Gasteiger partial charge is 0.255 e. The van der Waals surface area contributed by atoms with Crippen LogP contribution >= 0.6 is 0 Å². The monoisotopic (exact) mass is 306 g/mol. The maximum absolute atomic E-state index is 12.2. The Morgan fingerprint density at radius 2 is 1.78 bits per heavy atom. The van der Waals surface area contributed by atoms with Gasteiger partial charge in [0.05, 0.1) is 12.8 Å². The third-order valence-corrected chi connectivity index (χ3v) is 3.47. The maximum Gasteiger partial charge on any atom is 0.255 e. The van der Waals surface area contributed by atoms with Crippen molar-refractivity contribution in [3.05, 3.63) is 83.8 Å². The Balaban J connectivity index is 1.59. The number of anilines is 2. The Morgan fingerprint density at radius 3 is 2.48 bits per heavy atom. The molecular weight excluding hydrogens is 288 g/mol. The zero-order valence-corrected chi connectivity index (χ0v) is 12.9. The van der Waals surface area contributed by atoms with E-state index in [0.717, 1.165) is 22.7 Å². The topological polar surface area (TPSA) is 54.3 Å². The van der Waals surface area contributed by atoms with Crippen LogP contribution in [0.15, 0.2) is 71.3 Å². The molecule has 3 aromatic rings. The molecule has 2 aromatic carbocycles. The number of aryl methyl sites for hydroxylation is 1. The van der Waals surface area contributed by atoms with Gasteiger partial charge in [-0.25, -0.2) is 0 Å². The lowest BCUT2D eigenvalue weighted by atomic mass is 10.1. The molecule has 0 atom stereocenters. The van der Waals surface area contributed by atoms with Crippen LogP contribution in [0.25, 0.3) is 0 Å². The van der Waals surface area contributed by atoms with Crippen LogP contribution in [0.4, 0.5) is 11.4 Å². The highest BCUT2D eigenvalue weighted by Gasteiger charge is 2.06. The molecule has 116 valence electrons. The molecule has 0 aliphatic rings. The molecule has 23 heavy (non-hydrogen) atoms. The Morgan fingerprint density at radius 1 is 1.00 bits per heavy atom. The highest BCUT2D eigenvalue weighted by atomic mass is 16.3. The van der Waals surface area contributed by atoms with Crippen molar-refractivity contribution in [1.29, 1.82) is 0 Å². The average Bonchev–Trinajstić information content (AvgIpc) is 3.08. The van der Waals surface area contributed by atoms with Crippen LogP contribution in [0.5, 0.6) is 0 Å². The first-order valence-electron chi connectivity index (χ1n) is 7.45. The van der Waals surface area contributed by atoms with Crippen LogP contribution in [0.1, 0.15) is 21.7 Å². The van der Waals surface area contributed by atoms with Gasteiger partial charge in [-0.1, -0.05) is 17.7 Å². The van der Waals surface area contributed by atoms with Gasteiger partial charge in [-0.3, -0.25) is 4.79 Å². The summed E-state index contributed by atoms with van der Waals surface area (Å²) in [6, 6.07) is 18.9. The minimum Gasteiger partial charge on any atom is -0.467 e. The number of rotatable bonds is 5. The minimum atomic E-state index is -0.106. The highest BCUT2D eigenvalue weighted by molar-refractivity contribution is 6.04. The average molecular weight is 306 g/mol. The van der Waals surface area contributed by atoms with E-state index in [0.29, 0.717) is 12.1 Å². The molecule has 3 rings (SSSR count). The van der Waals surface area contributed by atoms with Gasteiger partial charge < -0.3 is 15.1 Å². The van der Waals surface area contributed by atoms with Crippen molar-refractivity contribution < 1.29 is 9.21 Å². The Bertz CT molecular complexity index is 777. The van der Waals surface area contributed by atoms with Crippen molar-refractivity contribution in [2.24, 2.45) is 0 Å². The third-order valence-electron chi connectivity index (χ3n) is 3.47. The van der Waals surface area contributed by atoms with Gasteiger partial charge in [0.1, 0.15) is 5.76 Å². The number of nitrogens with one attached hydrogen (secondary N) is 2. The molecule has 0 aliphatic carbocycles. The minimum absolute atomic E-state index is 0.106. The second kappa shape index (κ2) is 6.83. The molecule has 4 heteroatoms. The van der Waals surface area contributed by atoms with Gasteiger partial charge >= 0.3 is 0 Å². The summed E-state index contributed by atoms with van der Waals surface area (Å²) < 4.78 is 5.27. The van der Waals surface area contributed by atoms with Crippen LogP contribution < -0.4 is 10.6 Å². The van der Waals surface area contributed by atoms with Gasteiger partial charge in [-0.15, -0.1) is 0 Å². The van der Waals surface area contributed by atoms with E-state index in [1.807, 2.05) is 67.6 Å². The molecule has 0 aliphatic heterocycles. The van der Waals surface area contributed by atoms with Crippen LogP contribution in [-0.4, -0.2) is 5.91 Å². The number of furan rings is 1. The summed E-state index contributed by atoms with van der Waals surface area (Å²) in [6.07, 6.45) is 1.65. The number of benzene rings is 2.